The Balaban J connectivity index is 2.82. The summed E-state index contributed by atoms with van der Waals surface area (Å²) < 4.78 is 26.2. The van der Waals surface area contributed by atoms with Gasteiger partial charge in [-0.25, -0.2) is 8.78 Å². The van der Waals surface area contributed by atoms with Gasteiger partial charge in [-0.1, -0.05) is 19.1 Å². The Labute approximate surface area is 87.7 Å². The van der Waals surface area contributed by atoms with Crippen molar-refractivity contribution >= 4 is 0 Å². The topological polar surface area (TPSA) is 46.2 Å². The second kappa shape index (κ2) is 5.19. The standard InChI is InChI=1S/C11H15F2NO/c1-7(5-8(15)6-14)9-3-2-4-10(12)11(9)13/h2-4,7-8,15H,5-6,14H2,1H3. The van der Waals surface area contributed by atoms with E-state index in [1.54, 1.807) is 6.92 Å². The Bertz CT molecular complexity index is 330. The summed E-state index contributed by atoms with van der Waals surface area (Å²) in [6.45, 7) is 1.86. The van der Waals surface area contributed by atoms with Gasteiger partial charge < -0.3 is 10.8 Å². The molecule has 0 aromatic heterocycles. The molecule has 0 aliphatic heterocycles. The fourth-order valence-electron chi connectivity index (χ4n) is 1.53. The third-order valence-corrected chi connectivity index (χ3v) is 2.41. The van der Waals surface area contributed by atoms with Crippen molar-refractivity contribution in [3.63, 3.8) is 0 Å². The van der Waals surface area contributed by atoms with Crippen molar-refractivity contribution in [3.8, 4) is 0 Å². The lowest BCUT2D eigenvalue weighted by Gasteiger charge is -2.16. The van der Waals surface area contributed by atoms with Gasteiger partial charge in [-0.3, -0.25) is 0 Å². The summed E-state index contributed by atoms with van der Waals surface area (Å²) in [6, 6.07) is 4.05. The molecular formula is C11H15F2NO. The number of hydrogen-bond donors (Lipinski definition) is 2. The average molecular weight is 215 g/mol. The zero-order valence-corrected chi connectivity index (χ0v) is 8.58. The minimum atomic E-state index is -0.860. The van der Waals surface area contributed by atoms with Crippen LogP contribution in [0.3, 0.4) is 0 Å². The van der Waals surface area contributed by atoms with E-state index in [4.69, 9.17) is 5.73 Å². The number of halogens is 2. The molecule has 1 rings (SSSR count). The summed E-state index contributed by atoms with van der Waals surface area (Å²) in [4.78, 5) is 0. The normalized spacial score (nSPS) is 15.0. The molecule has 0 saturated heterocycles. The SMILES string of the molecule is CC(CC(O)CN)c1cccc(F)c1F. The maximum Gasteiger partial charge on any atom is 0.162 e. The predicted octanol–water partition coefficient (Wildman–Crippen LogP) is 1.78. The van der Waals surface area contributed by atoms with E-state index in [2.05, 4.69) is 0 Å². The van der Waals surface area contributed by atoms with Crippen LogP contribution in [0.1, 0.15) is 24.8 Å². The summed E-state index contributed by atoms with van der Waals surface area (Å²) in [6.07, 6.45) is -0.348. The summed E-state index contributed by atoms with van der Waals surface area (Å²) in [5.74, 6) is -1.95. The predicted molar refractivity (Wildman–Crippen MR) is 54.5 cm³/mol. The highest BCUT2D eigenvalue weighted by atomic mass is 19.2. The van der Waals surface area contributed by atoms with Gasteiger partial charge >= 0.3 is 0 Å². The monoisotopic (exact) mass is 215 g/mol. The Hall–Kier alpha value is -1.00. The highest BCUT2D eigenvalue weighted by Crippen LogP contribution is 2.24. The molecule has 0 saturated carbocycles. The van der Waals surface area contributed by atoms with Crippen molar-refractivity contribution in [2.75, 3.05) is 6.54 Å². The molecule has 15 heavy (non-hydrogen) atoms. The van der Waals surface area contributed by atoms with E-state index in [9.17, 15) is 13.9 Å². The number of benzene rings is 1. The van der Waals surface area contributed by atoms with Gasteiger partial charge in [0.25, 0.3) is 0 Å². The van der Waals surface area contributed by atoms with Crippen LogP contribution in [0.15, 0.2) is 18.2 Å². The van der Waals surface area contributed by atoms with E-state index in [1.807, 2.05) is 0 Å². The largest absolute Gasteiger partial charge is 0.392 e. The van der Waals surface area contributed by atoms with E-state index in [0.717, 1.165) is 6.07 Å². The van der Waals surface area contributed by atoms with Crippen LogP contribution in [-0.2, 0) is 0 Å². The first-order chi connectivity index (χ1) is 7.06. The molecule has 0 spiro atoms. The third kappa shape index (κ3) is 2.97. The van der Waals surface area contributed by atoms with Crippen LogP contribution in [0.2, 0.25) is 0 Å². The maximum atomic E-state index is 13.3. The number of rotatable bonds is 4. The van der Waals surface area contributed by atoms with E-state index in [0.29, 0.717) is 6.42 Å². The van der Waals surface area contributed by atoms with Gasteiger partial charge in [0, 0.05) is 6.54 Å². The van der Waals surface area contributed by atoms with Gasteiger partial charge in [0.1, 0.15) is 0 Å². The lowest BCUT2D eigenvalue weighted by Crippen LogP contribution is -2.21. The molecule has 0 heterocycles. The molecule has 2 nitrogen and oxygen atoms in total. The summed E-state index contributed by atoms with van der Waals surface area (Å²) in [5, 5.41) is 9.31. The van der Waals surface area contributed by atoms with Crippen molar-refractivity contribution in [1.82, 2.24) is 0 Å². The number of aliphatic hydroxyl groups is 1. The van der Waals surface area contributed by atoms with Crippen LogP contribution in [0.25, 0.3) is 0 Å². The van der Waals surface area contributed by atoms with E-state index >= 15 is 0 Å². The Morgan fingerprint density at radius 3 is 2.67 bits per heavy atom. The van der Waals surface area contributed by atoms with E-state index in [-0.39, 0.29) is 18.0 Å². The van der Waals surface area contributed by atoms with Gasteiger partial charge in [-0.2, -0.15) is 0 Å². The average Bonchev–Trinajstić information content (AvgIpc) is 2.21. The van der Waals surface area contributed by atoms with Crippen LogP contribution < -0.4 is 5.73 Å². The van der Waals surface area contributed by atoms with Crippen LogP contribution in [0.5, 0.6) is 0 Å². The molecule has 0 aliphatic rings. The Morgan fingerprint density at radius 2 is 2.07 bits per heavy atom. The molecule has 1 aromatic carbocycles. The highest BCUT2D eigenvalue weighted by Gasteiger charge is 2.16. The third-order valence-electron chi connectivity index (χ3n) is 2.41. The van der Waals surface area contributed by atoms with Crippen LogP contribution in [0.4, 0.5) is 8.78 Å². The molecule has 2 atom stereocenters. The molecule has 2 unspecified atom stereocenters. The summed E-state index contributed by atoms with van der Waals surface area (Å²) >= 11 is 0. The van der Waals surface area contributed by atoms with Crippen molar-refractivity contribution < 1.29 is 13.9 Å². The van der Waals surface area contributed by atoms with E-state index < -0.39 is 17.7 Å². The minimum absolute atomic E-state index is 0.126. The van der Waals surface area contributed by atoms with Crippen molar-refractivity contribution in [1.29, 1.82) is 0 Å². The molecule has 0 amide bonds. The zero-order chi connectivity index (χ0) is 11.4. The van der Waals surface area contributed by atoms with Crippen molar-refractivity contribution in [2.45, 2.75) is 25.4 Å². The summed E-state index contributed by atoms with van der Waals surface area (Å²) in [5.41, 5.74) is 5.53. The lowest BCUT2D eigenvalue weighted by molar-refractivity contribution is 0.164. The Kier molecular flexibility index (Phi) is 4.17. The smallest absolute Gasteiger partial charge is 0.162 e. The fraction of sp³-hybridized carbons (Fsp3) is 0.455. The molecule has 0 radical (unpaired) electrons. The number of nitrogens with two attached hydrogens (primary N) is 1. The van der Waals surface area contributed by atoms with Gasteiger partial charge in [-0.05, 0) is 24.0 Å². The minimum Gasteiger partial charge on any atom is -0.392 e. The molecule has 84 valence electrons. The van der Waals surface area contributed by atoms with Crippen molar-refractivity contribution in [3.05, 3.63) is 35.4 Å². The molecule has 3 N–H and O–H groups in total. The van der Waals surface area contributed by atoms with Gasteiger partial charge in [0.15, 0.2) is 11.6 Å². The zero-order valence-electron chi connectivity index (χ0n) is 8.58. The second-order valence-corrected chi connectivity index (χ2v) is 3.67. The van der Waals surface area contributed by atoms with Crippen LogP contribution in [0, 0.1) is 11.6 Å². The first-order valence-corrected chi connectivity index (χ1v) is 4.88. The fourth-order valence-corrected chi connectivity index (χ4v) is 1.53. The molecule has 0 fully saturated rings. The van der Waals surface area contributed by atoms with E-state index in [1.165, 1.54) is 12.1 Å². The van der Waals surface area contributed by atoms with Gasteiger partial charge in [0.2, 0.25) is 0 Å². The highest BCUT2D eigenvalue weighted by molar-refractivity contribution is 5.22. The number of hydrogen-bond acceptors (Lipinski definition) is 2. The second-order valence-electron chi connectivity index (χ2n) is 3.67. The first kappa shape index (κ1) is 12.1. The quantitative estimate of drug-likeness (QED) is 0.804. The Morgan fingerprint density at radius 1 is 1.40 bits per heavy atom. The van der Waals surface area contributed by atoms with Crippen LogP contribution in [-0.4, -0.2) is 17.8 Å². The molecular weight excluding hydrogens is 200 g/mol. The summed E-state index contributed by atoms with van der Waals surface area (Å²) in [7, 11) is 0. The molecule has 4 heteroatoms. The molecule has 0 aliphatic carbocycles. The number of aliphatic hydroxyl groups excluding tert-OH is 1. The first-order valence-electron chi connectivity index (χ1n) is 4.88. The molecule has 1 aromatic rings. The maximum absolute atomic E-state index is 13.3. The van der Waals surface area contributed by atoms with Gasteiger partial charge in [-0.15, -0.1) is 0 Å². The van der Waals surface area contributed by atoms with Crippen LogP contribution >= 0.6 is 0 Å². The van der Waals surface area contributed by atoms with Crippen molar-refractivity contribution in [2.24, 2.45) is 5.73 Å². The lowest BCUT2D eigenvalue weighted by atomic mass is 9.94. The van der Waals surface area contributed by atoms with Gasteiger partial charge in [0.05, 0.1) is 6.10 Å². The molecule has 0 bridgehead atoms.